The molecule has 0 radical (unpaired) electrons. The molecule has 1 amide bonds. The van der Waals surface area contributed by atoms with E-state index in [-0.39, 0.29) is 5.75 Å². The van der Waals surface area contributed by atoms with E-state index < -0.39 is 6.09 Å². The fourth-order valence-corrected chi connectivity index (χ4v) is 1.68. The number of carbonyl (C=O) groups is 1. The third-order valence-corrected chi connectivity index (χ3v) is 2.41. The van der Waals surface area contributed by atoms with E-state index in [1.165, 1.54) is 0 Å². The lowest BCUT2D eigenvalue weighted by molar-refractivity contribution is 0.168. The molecular formula is C13H13NO3. The number of carbonyl (C=O) groups excluding carboxylic acids is 1. The first-order valence-corrected chi connectivity index (χ1v) is 5.37. The van der Waals surface area contributed by atoms with Crippen LogP contribution >= 0.6 is 0 Å². The molecule has 0 spiro atoms. The average molecular weight is 231 g/mol. The van der Waals surface area contributed by atoms with E-state index in [2.05, 4.69) is 5.32 Å². The molecule has 0 fully saturated rings. The fourth-order valence-electron chi connectivity index (χ4n) is 1.68. The summed E-state index contributed by atoms with van der Waals surface area (Å²) in [6.45, 7) is 2.07. The number of amides is 1. The Balaban J connectivity index is 2.41. The minimum Gasteiger partial charge on any atom is -0.507 e. The number of benzene rings is 2. The molecule has 0 aromatic heterocycles. The third-order valence-electron chi connectivity index (χ3n) is 2.41. The van der Waals surface area contributed by atoms with Crippen LogP contribution in [0.5, 0.6) is 5.75 Å². The molecular weight excluding hydrogens is 218 g/mol. The second-order valence-electron chi connectivity index (χ2n) is 3.52. The van der Waals surface area contributed by atoms with Gasteiger partial charge >= 0.3 is 6.09 Å². The predicted molar refractivity (Wildman–Crippen MR) is 66.3 cm³/mol. The second-order valence-corrected chi connectivity index (χ2v) is 3.52. The van der Waals surface area contributed by atoms with Gasteiger partial charge in [0.05, 0.1) is 12.3 Å². The Morgan fingerprint density at radius 1 is 1.24 bits per heavy atom. The van der Waals surface area contributed by atoms with Crippen molar-refractivity contribution < 1.29 is 14.6 Å². The zero-order chi connectivity index (χ0) is 12.3. The molecule has 0 saturated heterocycles. The first kappa shape index (κ1) is 11.3. The summed E-state index contributed by atoms with van der Waals surface area (Å²) in [6, 6.07) is 10.5. The normalized spacial score (nSPS) is 10.2. The summed E-state index contributed by atoms with van der Waals surface area (Å²) >= 11 is 0. The largest absolute Gasteiger partial charge is 0.507 e. The van der Waals surface area contributed by atoms with Gasteiger partial charge in [-0.2, -0.15) is 0 Å². The molecule has 2 N–H and O–H groups in total. The number of phenolic OH excluding ortho intramolecular Hbond substituents is 1. The van der Waals surface area contributed by atoms with E-state index in [1.807, 2.05) is 6.07 Å². The molecule has 0 aliphatic rings. The number of fused-ring (bicyclic) bond motifs is 1. The molecule has 0 saturated carbocycles. The molecule has 2 aromatic rings. The highest BCUT2D eigenvalue weighted by Crippen LogP contribution is 2.29. The average Bonchev–Trinajstić information content (AvgIpc) is 2.31. The van der Waals surface area contributed by atoms with Crippen molar-refractivity contribution in [2.24, 2.45) is 0 Å². The molecule has 0 unspecified atom stereocenters. The smallest absolute Gasteiger partial charge is 0.411 e. The highest BCUT2D eigenvalue weighted by atomic mass is 16.5. The molecule has 2 rings (SSSR count). The lowest BCUT2D eigenvalue weighted by atomic mass is 10.1. The van der Waals surface area contributed by atoms with Gasteiger partial charge < -0.3 is 9.84 Å². The summed E-state index contributed by atoms with van der Waals surface area (Å²) in [5.74, 6) is 0.190. The van der Waals surface area contributed by atoms with Crippen LogP contribution in [0.2, 0.25) is 0 Å². The zero-order valence-corrected chi connectivity index (χ0v) is 9.43. The molecule has 4 nitrogen and oxygen atoms in total. The van der Waals surface area contributed by atoms with Crippen LogP contribution in [0, 0.1) is 0 Å². The zero-order valence-electron chi connectivity index (χ0n) is 9.43. The van der Waals surface area contributed by atoms with Gasteiger partial charge in [0.1, 0.15) is 5.75 Å². The molecule has 4 heteroatoms. The Bertz CT molecular complexity index is 551. The lowest BCUT2D eigenvalue weighted by Crippen LogP contribution is -2.13. The summed E-state index contributed by atoms with van der Waals surface area (Å²) in [5.41, 5.74) is 0.622. The van der Waals surface area contributed by atoms with Crippen LogP contribution in [0.3, 0.4) is 0 Å². The standard InChI is InChI=1S/C13H13NO3/c1-2-17-13(16)14-11-7-3-6-10-9(11)5-4-8-12(10)15/h3-8,15H,2H2,1H3,(H,14,16). The summed E-state index contributed by atoms with van der Waals surface area (Å²) in [4.78, 5) is 11.3. The van der Waals surface area contributed by atoms with Crippen molar-refractivity contribution in [2.45, 2.75) is 6.92 Å². The van der Waals surface area contributed by atoms with Crippen molar-refractivity contribution in [2.75, 3.05) is 11.9 Å². The number of anilines is 1. The Kier molecular flexibility index (Phi) is 3.14. The van der Waals surface area contributed by atoms with Crippen LogP contribution in [0.4, 0.5) is 10.5 Å². The van der Waals surface area contributed by atoms with Gasteiger partial charge in [-0.1, -0.05) is 24.3 Å². The number of rotatable bonds is 2. The molecule has 0 bridgehead atoms. The molecule has 2 aromatic carbocycles. The molecule has 88 valence electrons. The van der Waals surface area contributed by atoms with E-state index in [9.17, 15) is 9.90 Å². The van der Waals surface area contributed by atoms with Gasteiger partial charge in [0, 0.05) is 10.8 Å². The van der Waals surface area contributed by atoms with Crippen LogP contribution in [-0.4, -0.2) is 17.8 Å². The Morgan fingerprint density at radius 2 is 1.94 bits per heavy atom. The van der Waals surface area contributed by atoms with Gasteiger partial charge in [-0.25, -0.2) is 4.79 Å². The highest BCUT2D eigenvalue weighted by Gasteiger charge is 2.07. The van der Waals surface area contributed by atoms with Crippen LogP contribution in [0.25, 0.3) is 10.8 Å². The van der Waals surface area contributed by atoms with Gasteiger partial charge in [0.25, 0.3) is 0 Å². The van der Waals surface area contributed by atoms with Gasteiger partial charge in [0.15, 0.2) is 0 Å². The highest BCUT2D eigenvalue weighted by molar-refractivity contribution is 6.02. The first-order chi connectivity index (χ1) is 8.22. The maximum Gasteiger partial charge on any atom is 0.411 e. The van der Waals surface area contributed by atoms with Gasteiger partial charge in [-0.15, -0.1) is 0 Å². The van der Waals surface area contributed by atoms with Crippen molar-refractivity contribution in [3.8, 4) is 5.75 Å². The van der Waals surface area contributed by atoms with Crippen LogP contribution in [0.1, 0.15) is 6.92 Å². The summed E-state index contributed by atoms with van der Waals surface area (Å²) in [6.07, 6.45) is -0.497. The van der Waals surface area contributed by atoms with Crippen LogP contribution < -0.4 is 5.32 Å². The van der Waals surface area contributed by atoms with Crippen LogP contribution in [0.15, 0.2) is 36.4 Å². The predicted octanol–water partition coefficient (Wildman–Crippen LogP) is 3.11. The fraction of sp³-hybridized carbons (Fsp3) is 0.154. The number of hydrogen-bond donors (Lipinski definition) is 2. The molecule has 0 atom stereocenters. The van der Waals surface area contributed by atoms with Crippen molar-refractivity contribution in [3.63, 3.8) is 0 Å². The minimum absolute atomic E-state index is 0.190. The summed E-state index contributed by atoms with van der Waals surface area (Å²) in [7, 11) is 0. The number of aromatic hydroxyl groups is 1. The maximum atomic E-state index is 11.3. The van der Waals surface area contributed by atoms with Gasteiger partial charge in [0.2, 0.25) is 0 Å². The maximum absolute atomic E-state index is 11.3. The quantitative estimate of drug-likeness (QED) is 0.834. The Hall–Kier alpha value is -2.23. The number of ether oxygens (including phenoxy) is 1. The minimum atomic E-state index is -0.497. The topological polar surface area (TPSA) is 58.6 Å². The first-order valence-electron chi connectivity index (χ1n) is 5.37. The van der Waals surface area contributed by atoms with Gasteiger partial charge in [-0.05, 0) is 19.1 Å². The summed E-state index contributed by atoms with van der Waals surface area (Å²) < 4.78 is 4.81. The molecule has 0 aliphatic heterocycles. The van der Waals surface area contributed by atoms with Gasteiger partial charge in [-0.3, -0.25) is 5.32 Å². The van der Waals surface area contributed by atoms with E-state index >= 15 is 0 Å². The van der Waals surface area contributed by atoms with Crippen molar-refractivity contribution in [1.82, 2.24) is 0 Å². The van der Waals surface area contributed by atoms with Crippen molar-refractivity contribution in [1.29, 1.82) is 0 Å². The summed E-state index contributed by atoms with van der Waals surface area (Å²) in [5, 5.41) is 13.8. The van der Waals surface area contributed by atoms with E-state index in [0.29, 0.717) is 17.7 Å². The SMILES string of the molecule is CCOC(=O)Nc1cccc2c(O)cccc12. The Morgan fingerprint density at radius 3 is 2.71 bits per heavy atom. The number of nitrogens with one attached hydrogen (secondary N) is 1. The van der Waals surface area contributed by atoms with E-state index in [0.717, 1.165) is 5.39 Å². The Labute approximate surface area is 98.8 Å². The molecule has 0 aliphatic carbocycles. The second kappa shape index (κ2) is 4.74. The lowest BCUT2D eigenvalue weighted by Gasteiger charge is -2.09. The van der Waals surface area contributed by atoms with E-state index in [1.54, 1.807) is 37.3 Å². The van der Waals surface area contributed by atoms with E-state index in [4.69, 9.17) is 4.74 Å². The monoisotopic (exact) mass is 231 g/mol. The molecule has 17 heavy (non-hydrogen) atoms. The third kappa shape index (κ3) is 2.30. The number of phenols is 1. The van der Waals surface area contributed by atoms with Crippen molar-refractivity contribution in [3.05, 3.63) is 36.4 Å². The van der Waals surface area contributed by atoms with Crippen LogP contribution in [-0.2, 0) is 4.74 Å². The van der Waals surface area contributed by atoms with Crippen molar-refractivity contribution >= 4 is 22.6 Å². The molecule has 0 heterocycles. The number of hydrogen-bond acceptors (Lipinski definition) is 3.